The van der Waals surface area contributed by atoms with Gasteiger partial charge in [0.15, 0.2) is 0 Å². The Morgan fingerprint density at radius 3 is 2.64 bits per heavy atom. The molecule has 64 valence electrons. The number of hydrogen-bond acceptors (Lipinski definition) is 6. The first-order valence-electron chi connectivity index (χ1n) is 3.12. The molecular formula is C5H10N3O2S-. The van der Waals surface area contributed by atoms with Gasteiger partial charge in [0, 0.05) is 7.05 Å². The van der Waals surface area contributed by atoms with Gasteiger partial charge in [0.1, 0.15) is 0 Å². The van der Waals surface area contributed by atoms with E-state index >= 15 is 0 Å². The Balaban J connectivity index is 2.55. The van der Waals surface area contributed by atoms with Crippen LogP contribution in [0.4, 0.5) is 0 Å². The lowest BCUT2D eigenvalue weighted by molar-refractivity contribution is -0.152. The zero-order valence-corrected chi connectivity index (χ0v) is 7.17. The van der Waals surface area contributed by atoms with Crippen molar-refractivity contribution in [2.45, 2.75) is 11.8 Å². The van der Waals surface area contributed by atoms with Crippen molar-refractivity contribution in [1.82, 2.24) is 15.3 Å². The maximum atomic E-state index is 10.0. The number of hydrogen-bond donors (Lipinski definition) is 1. The number of rotatable bonds is 2. The number of ether oxygens (including phenoxy) is 1. The maximum absolute atomic E-state index is 10.0. The van der Waals surface area contributed by atoms with Crippen molar-refractivity contribution >= 4 is 19.1 Å². The third-order valence-electron chi connectivity index (χ3n) is 1.54. The van der Waals surface area contributed by atoms with Crippen LogP contribution >= 0.6 is 0 Å². The second kappa shape index (κ2) is 3.40. The molecule has 0 spiro atoms. The second-order valence-corrected chi connectivity index (χ2v) is 2.76. The van der Waals surface area contributed by atoms with Crippen LogP contribution in [0, 0.1) is 0 Å². The molecule has 0 bridgehead atoms. The highest BCUT2D eigenvalue weighted by Gasteiger charge is 2.28. The summed E-state index contributed by atoms with van der Waals surface area (Å²) in [6.07, 6.45) is -0.394. The topological polar surface area (TPSA) is 44.8 Å². The highest BCUT2D eigenvalue weighted by Crippen LogP contribution is 2.10. The molecule has 6 heteroatoms. The molecule has 1 N–H and O–H groups in total. The van der Waals surface area contributed by atoms with Crippen LogP contribution < -0.4 is 5.43 Å². The van der Waals surface area contributed by atoms with E-state index in [1.165, 1.54) is 0 Å². The highest BCUT2D eigenvalue weighted by atomic mass is 32.1. The van der Waals surface area contributed by atoms with E-state index in [0.29, 0.717) is 6.47 Å². The molecule has 0 aromatic carbocycles. The van der Waals surface area contributed by atoms with Gasteiger partial charge in [0.2, 0.25) is 6.35 Å². The molecule has 0 saturated carbocycles. The predicted octanol–water partition coefficient (Wildman–Crippen LogP) is -1.34. The van der Waals surface area contributed by atoms with Crippen molar-refractivity contribution < 1.29 is 9.53 Å². The molecule has 0 aromatic rings. The number of carbonyl (C=O) groups excluding carboxylic acids is 1. The fourth-order valence-electron chi connectivity index (χ4n) is 0.955. The summed E-state index contributed by atoms with van der Waals surface area (Å²) in [5, 5.41) is 1.64. The lowest BCUT2D eigenvalue weighted by Crippen LogP contribution is -2.38. The van der Waals surface area contributed by atoms with Crippen LogP contribution in [-0.2, 0) is 22.2 Å². The van der Waals surface area contributed by atoms with Gasteiger partial charge < -0.3 is 17.4 Å². The van der Waals surface area contributed by atoms with Gasteiger partial charge in [-0.2, -0.15) is 5.01 Å². The Bertz CT molecular complexity index is 157. The van der Waals surface area contributed by atoms with Crippen molar-refractivity contribution in [3.8, 4) is 0 Å². The van der Waals surface area contributed by atoms with Gasteiger partial charge in [0.05, 0.1) is 0 Å². The monoisotopic (exact) mass is 176 g/mol. The summed E-state index contributed by atoms with van der Waals surface area (Å²) in [7, 11) is 3.54. The lowest BCUT2D eigenvalue weighted by atomic mass is 10.8. The van der Waals surface area contributed by atoms with Crippen molar-refractivity contribution in [1.29, 1.82) is 0 Å². The summed E-state index contributed by atoms with van der Waals surface area (Å²) in [5.41, 5.74) is 2.67. The van der Waals surface area contributed by atoms with Crippen LogP contribution in [0.25, 0.3) is 0 Å². The fraction of sp³-hybridized carbons (Fsp3) is 0.800. The van der Waals surface area contributed by atoms with E-state index in [9.17, 15) is 4.79 Å². The molecule has 0 aliphatic carbocycles. The molecule has 1 aliphatic rings. The van der Waals surface area contributed by atoms with E-state index < -0.39 is 6.35 Å². The largest absolute Gasteiger partial charge is 0.757 e. The molecule has 11 heavy (non-hydrogen) atoms. The Morgan fingerprint density at radius 1 is 1.64 bits per heavy atom. The first-order chi connectivity index (χ1) is 5.16. The average Bonchev–Trinajstić information content (AvgIpc) is 2.17. The molecule has 1 fully saturated rings. The van der Waals surface area contributed by atoms with Gasteiger partial charge in [-0.15, -0.1) is 0 Å². The van der Waals surface area contributed by atoms with Gasteiger partial charge in [0.25, 0.3) is 6.47 Å². The molecule has 0 aromatic heterocycles. The molecule has 2 unspecified atom stereocenters. The average molecular weight is 176 g/mol. The van der Waals surface area contributed by atoms with Gasteiger partial charge in [-0.1, -0.05) is 0 Å². The van der Waals surface area contributed by atoms with Crippen LogP contribution in [-0.4, -0.2) is 42.3 Å². The summed E-state index contributed by atoms with van der Waals surface area (Å²) < 4.78 is 4.74. The summed E-state index contributed by atoms with van der Waals surface area (Å²) >= 11 is 4.97. The van der Waals surface area contributed by atoms with Crippen molar-refractivity contribution in [2.24, 2.45) is 0 Å². The first-order valence-corrected chi connectivity index (χ1v) is 3.60. The molecule has 1 rings (SSSR count). The number of nitrogens with zero attached hydrogens (tertiary/aromatic N) is 2. The Kier molecular flexibility index (Phi) is 2.72. The lowest BCUT2D eigenvalue weighted by Gasteiger charge is -2.26. The van der Waals surface area contributed by atoms with E-state index in [0.717, 1.165) is 0 Å². The predicted molar refractivity (Wildman–Crippen MR) is 40.8 cm³/mol. The highest BCUT2D eigenvalue weighted by molar-refractivity contribution is 7.59. The summed E-state index contributed by atoms with van der Waals surface area (Å²) in [6.45, 7) is 0.409. The number of hydrazine groups is 1. The number of nitrogens with one attached hydrogen (secondary N) is 1. The Hall–Kier alpha value is -0.300. The molecule has 0 radical (unpaired) electrons. The summed E-state index contributed by atoms with van der Waals surface area (Å²) in [6, 6.07) is 0. The Morgan fingerprint density at radius 2 is 2.27 bits per heavy atom. The molecular weight excluding hydrogens is 166 g/mol. The van der Waals surface area contributed by atoms with Gasteiger partial charge in [-0.3, -0.25) is 15.1 Å². The second-order valence-electron chi connectivity index (χ2n) is 2.32. The van der Waals surface area contributed by atoms with Crippen molar-refractivity contribution in [2.75, 3.05) is 14.1 Å². The minimum atomic E-state index is -0.394. The van der Waals surface area contributed by atoms with Crippen LogP contribution in [0.15, 0.2) is 0 Å². The van der Waals surface area contributed by atoms with E-state index in [1.54, 1.807) is 24.0 Å². The molecule has 1 heterocycles. The zero-order chi connectivity index (χ0) is 8.43. The summed E-state index contributed by atoms with van der Waals surface area (Å²) in [4.78, 5) is 11.7. The van der Waals surface area contributed by atoms with Gasteiger partial charge in [-0.25, -0.2) is 0 Å². The molecule has 5 nitrogen and oxygen atoms in total. The van der Waals surface area contributed by atoms with Crippen molar-refractivity contribution in [3.63, 3.8) is 0 Å². The van der Waals surface area contributed by atoms with Crippen LogP contribution in [0.3, 0.4) is 0 Å². The van der Waals surface area contributed by atoms with Crippen LogP contribution in [0.5, 0.6) is 0 Å². The molecule has 2 atom stereocenters. The first kappa shape index (κ1) is 8.79. The van der Waals surface area contributed by atoms with Gasteiger partial charge in [-0.05, 0) is 12.5 Å². The molecule has 1 saturated heterocycles. The van der Waals surface area contributed by atoms with Gasteiger partial charge >= 0.3 is 0 Å². The zero-order valence-electron chi connectivity index (χ0n) is 6.35. The summed E-state index contributed by atoms with van der Waals surface area (Å²) in [5.74, 6) is 0. The van der Waals surface area contributed by atoms with Crippen LogP contribution in [0.2, 0.25) is 0 Å². The number of carbonyl (C=O) groups is 1. The van der Waals surface area contributed by atoms with Crippen LogP contribution in [0.1, 0.15) is 0 Å². The third kappa shape index (κ3) is 1.64. The Labute approximate surface area is 70.7 Å². The third-order valence-corrected chi connectivity index (χ3v) is 1.98. The quantitative estimate of drug-likeness (QED) is 0.415. The molecule has 0 amide bonds. The van der Waals surface area contributed by atoms with E-state index in [-0.39, 0.29) is 5.50 Å². The molecule has 1 aliphatic heterocycles. The SMILES string of the molecule is CN1NC([S-])N(C)C1OC=O. The minimum absolute atomic E-state index is 0.218. The smallest absolute Gasteiger partial charge is 0.295 e. The normalized spacial score (nSPS) is 34.1. The van der Waals surface area contributed by atoms with E-state index in [2.05, 4.69) is 5.43 Å². The standard InChI is InChI=1S/C5H11N3O2S/c1-7-4(11)6-8(2)5(7)10-3-9/h3-6,11H,1-2H3/p-1. The van der Waals surface area contributed by atoms with E-state index in [1.807, 2.05) is 0 Å². The van der Waals surface area contributed by atoms with E-state index in [4.69, 9.17) is 17.4 Å². The minimum Gasteiger partial charge on any atom is -0.757 e. The fourth-order valence-corrected chi connectivity index (χ4v) is 1.23. The van der Waals surface area contributed by atoms with Crippen molar-refractivity contribution in [3.05, 3.63) is 0 Å². The maximum Gasteiger partial charge on any atom is 0.295 e.